The Kier molecular flexibility index (Phi) is 7.20. The summed E-state index contributed by atoms with van der Waals surface area (Å²) in [5, 5.41) is 4.41. The summed E-state index contributed by atoms with van der Waals surface area (Å²) in [5.41, 5.74) is 0. The minimum Gasteiger partial charge on any atom is -0.484 e. The third kappa shape index (κ3) is 5.31. The monoisotopic (exact) mass is 429 g/mol. The summed E-state index contributed by atoms with van der Waals surface area (Å²) in [5.74, 6) is 1.25. The predicted molar refractivity (Wildman–Crippen MR) is 117 cm³/mol. The predicted octanol–water partition coefficient (Wildman–Crippen LogP) is 5.28. The Bertz CT molecular complexity index is 849. The zero-order chi connectivity index (χ0) is 20.8. The molecule has 0 radical (unpaired) electrons. The van der Waals surface area contributed by atoms with Crippen molar-refractivity contribution in [3.05, 3.63) is 41.1 Å². The molecule has 1 aromatic carbocycles. The molecule has 1 aromatic heterocycles. The molecule has 0 bridgehead atoms. The number of carbonyl (C=O) groups excluding carboxylic acids is 1. The molecule has 0 atom stereocenters. The molecule has 2 saturated carbocycles. The van der Waals surface area contributed by atoms with Crippen LogP contribution >= 0.6 is 12.2 Å². The minimum atomic E-state index is 0.119. The van der Waals surface area contributed by atoms with E-state index in [4.69, 9.17) is 21.4 Å². The fourth-order valence-corrected chi connectivity index (χ4v) is 5.00. The van der Waals surface area contributed by atoms with Crippen LogP contribution in [0, 0.1) is 4.84 Å². The Labute approximate surface area is 183 Å². The van der Waals surface area contributed by atoms with Gasteiger partial charge >= 0.3 is 0 Å². The first kappa shape index (κ1) is 21.1. The molecule has 6 nitrogen and oxygen atoms in total. The molecule has 0 aliphatic heterocycles. The molecular formula is C23H31N3O3S. The van der Waals surface area contributed by atoms with Gasteiger partial charge in [-0.25, -0.2) is 4.68 Å². The van der Waals surface area contributed by atoms with Crippen molar-refractivity contribution in [1.29, 1.82) is 0 Å². The first-order valence-corrected chi connectivity index (χ1v) is 11.7. The highest BCUT2D eigenvalue weighted by Gasteiger charge is 2.32. The number of amides is 1. The summed E-state index contributed by atoms with van der Waals surface area (Å²) >= 11 is 5.33. The number of benzene rings is 1. The maximum atomic E-state index is 13.4. The van der Waals surface area contributed by atoms with Crippen molar-refractivity contribution in [2.45, 2.75) is 89.4 Å². The van der Waals surface area contributed by atoms with Gasteiger partial charge in [0.15, 0.2) is 6.61 Å². The molecule has 2 aliphatic carbocycles. The molecule has 2 fully saturated rings. The highest BCUT2D eigenvalue weighted by atomic mass is 32.1. The summed E-state index contributed by atoms with van der Waals surface area (Å²) in [6, 6.07) is 10.2. The second-order valence-electron chi connectivity index (χ2n) is 8.41. The van der Waals surface area contributed by atoms with Gasteiger partial charge in [0.2, 0.25) is 5.91 Å². The smallest absolute Gasteiger partial charge is 0.287 e. The zero-order valence-corrected chi connectivity index (χ0v) is 18.3. The number of ether oxygens (including phenoxy) is 1. The molecule has 162 valence electrons. The Hall–Kier alpha value is -2.15. The van der Waals surface area contributed by atoms with Gasteiger partial charge in [-0.3, -0.25) is 4.79 Å². The van der Waals surface area contributed by atoms with Gasteiger partial charge in [-0.1, -0.05) is 56.7 Å². The van der Waals surface area contributed by atoms with E-state index in [0.717, 1.165) is 31.4 Å². The van der Waals surface area contributed by atoms with Crippen LogP contribution in [0.2, 0.25) is 0 Å². The number of aromatic nitrogens is 2. The molecule has 2 aliphatic rings. The number of hydrogen-bond acceptors (Lipinski definition) is 5. The first-order chi connectivity index (χ1) is 14.7. The lowest BCUT2D eigenvalue weighted by Crippen LogP contribution is -2.50. The van der Waals surface area contributed by atoms with Crippen molar-refractivity contribution in [2.75, 3.05) is 0 Å². The van der Waals surface area contributed by atoms with E-state index in [9.17, 15) is 4.79 Å². The maximum Gasteiger partial charge on any atom is 0.287 e. The maximum absolute atomic E-state index is 13.4. The topological polar surface area (TPSA) is 60.5 Å². The number of carbonyl (C=O) groups is 1. The van der Waals surface area contributed by atoms with E-state index in [2.05, 4.69) is 10.00 Å². The third-order valence-corrected chi connectivity index (χ3v) is 6.56. The summed E-state index contributed by atoms with van der Waals surface area (Å²) in [6.45, 7) is 0.324. The lowest BCUT2D eigenvalue weighted by Gasteiger charge is -2.41. The Morgan fingerprint density at radius 3 is 2.23 bits per heavy atom. The average Bonchev–Trinajstić information content (AvgIpc) is 3.14. The SMILES string of the molecule is O=C(Cn1nc(COc2ccccc2)oc1=S)N(C1CCCCC1)C1CCCCC1. The lowest BCUT2D eigenvalue weighted by atomic mass is 9.88. The van der Waals surface area contributed by atoms with E-state index >= 15 is 0 Å². The third-order valence-electron chi connectivity index (χ3n) is 6.26. The molecule has 0 unspecified atom stereocenters. The van der Waals surface area contributed by atoms with Crippen molar-refractivity contribution < 1.29 is 13.9 Å². The molecule has 7 heteroatoms. The Morgan fingerprint density at radius 2 is 1.63 bits per heavy atom. The van der Waals surface area contributed by atoms with Crippen LogP contribution in [-0.4, -0.2) is 32.7 Å². The fraction of sp³-hybridized carbons (Fsp3) is 0.609. The molecule has 4 rings (SSSR count). The Balaban J connectivity index is 1.43. The Morgan fingerprint density at radius 1 is 1.03 bits per heavy atom. The van der Waals surface area contributed by atoms with Gasteiger partial charge < -0.3 is 14.1 Å². The van der Waals surface area contributed by atoms with E-state index in [0.29, 0.717) is 18.0 Å². The first-order valence-electron chi connectivity index (χ1n) is 11.3. The molecule has 0 N–H and O–H groups in total. The van der Waals surface area contributed by atoms with E-state index in [1.165, 1.54) is 43.2 Å². The van der Waals surface area contributed by atoms with Gasteiger partial charge in [0.05, 0.1) is 0 Å². The number of para-hydroxylation sites is 1. The zero-order valence-electron chi connectivity index (χ0n) is 17.5. The fourth-order valence-electron chi connectivity index (χ4n) is 4.80. The number of rotatable bonds is 7. The van der Waals surface area contributed by atoms with E-state index in [-0.39, 0.29) is 23.9 Å². The van der Waals surface area contributed by atoms with E-state index in [1.807, 2.05) is 30.3 Å². The van der Waals surface area contributed by atoms with Gasteiger partial charge in [-0.15, -0.1) is 5.10 Å². The highest BCUT2D eigenvalue weighted by Crippen LogP contribution is 2.30. The van der Waals surface area contributed by atoms with Gasteiger partial charge in [0.25, 0.3) is 10.7 Å². The van der Waals surface area contributed by atoms with Crippen molar-refractivity contribution in [3.63, 3.8) is 0 Å². The summed E-state index contributed by atoms with van der Waals surface area (Å²) in [4.78, 5) is 15.8. The van der Waals surface area contributed by atoms with Crippen LogP contribution in [0.25, 0.3) is 0 Å². The van der Waals surface area contributed by atoms with E-state index in [1.54, 1.807) is 0 Å². The summed E-state index contributed by atoms with van der Waals surface area (Å²) in [7, 11) is 0. The van der Waals surface area contributed by atoms with Gasteiger partial charge in [0.1, 0.15) is 12.3 Å². The summed E-state index contributed by atoms with van der Waals surface area (Å²) in [6.07, 6.45) is 11.9. The molecular weight excluding hydrogens is 398 g/mol. The molecule has 0 saturated heterocycles. The summed E-state index contributed by atoms with van der Waals surface area (Å²) < 4.78 is 12.8. The lowest BCUT2D eigenvalue weighted by molar-refractivity contribution is -0.139. The van der Waals surface area contributed by atoms with Crippen LogP contribution in [0.4, 0.5) is 0 Å². The van der Waals surface area contributed by atoms with Gasteiger partial charge in [-0.2, -0.15) is 0 Å². The molecule has 2 aromatic rings. The second-order valence-corrected chi connectivity index (χ2v) is 8.76. The standard InChI is InChI=1S/C23H31N3O3S/c27-22(26(18-10-4-1-5-11-18)19-12-6-2-7-13-19)16-25-23(30)29-21(24-25)17-28-20-14-8-3-9-15-20/h3,8-9,14-15,18-19H,1-2,4-7,10-13,16-17H2. The van der Waals surface area contributed by atoms with E-state index < -0.39 is 0 Å². The van der Waals surface area contributed by atoms with Crippen LogP contribution in [0.1, 0.15) is 70.1 Å². The normalized spacial score (nSPS) is 18.3. The van der Waals surface area contributed by atoms with Crippen LogP contribution in [-0.2, 0) is 17.9 Å². The molecule has 0 spiro atoms. The van der Waals surface area contributed by atoms with Crippen molar-refractivity contribution >= 4 is 18.1 Å². The van der Waals surface area contributed by atoms with Gasteiger partial charge in [0, 0.05) is 12.1 Å². The number of nitrogens with zero attached hydrogens (tertiary/aromatic N) is 3. The van der Waals surface area contributed by atoms with Crippen molar-refractivity contribution in [2.24, 2.45) is 0 Å². The van der Waals surface area contributed by atoms with Gasteiger partial charge in [-0.05, 0) is 50.0 Å². The van der Waals surface area contributed by atoms with Crippen LogP contribution < -0.4 is 4.74 Å². The number of hydrogen-bond donors (Lipinski definition) is 0. The second kappa shape index (κ2) is 10.2. The van der Waals surface area contributed by atoms with Crippen LogP contribution in [0.15, 0.2) is 34.7 Å². The largest absolute Gasteiger partial charge is 0.484 e. The quantitative estimate of drug-likeness (QED) is 0.561. The van der Waals surface area contributed by atoms with Crippen LogP contribution in [0.5, 0.6) is 5.75 Å². The minimum absolute atomic E-state index is 0.119. The van der Waals surface area contributed by atoms with Crippen LogP contribution in [0.3, 0.4) is 0 Å². The molecule has 30 heavy (non-hydrogen) atoms. The molecule has 1 heterocycles. The van der Waals surface area contributed by atoms with Crippen molar-refractivity contribution in [1.82, 2.24) is 14.7 Å². The average molecular weight is 430 g/mol. The molecule has 1 amide bonds. The van der Waals surface area contributed by atoms with Crippen molar-refractivity contribution in [3.8, 4) is 5.75 Å². The highest BCUT2D eigenvalue weighted by molar-refractivity contribution is 7.71.